The van der Waals surface area contributed by atoms with E-state index in [1.807, 2.05) is 0 Å². The van der Waals surface area contributed by atoms with E-state index in [1.54, 1.807) is 0 Å². The summed E-state index contributed by atoms with van der Waals surface area (Å²) in [5, 5.41) is 12.1. The van der Waals surface area contributed by atoms with E-state index in [1.165, 1.54) is 32.1 Å². The summed E-state index contributed by atoms with van der Waals surface area (Å²) >= 11 is 0. The molecule has 0 unspecified atom stereocenters. The minimum Gasteiger partial charge on any atom is -0.481 e. The van der Waals surface area contributed by atoms with Crippen LogP contribution in [0, 0.1) is 5.92 Å². The number of rotatable bonds is 8. The first-order valence-corrected chi connectivity index (χ1v) is 7.15. The SMILES string of the molecule is C[C@@H](NCCCCCC(=O)O)C1CCCCC1. The molecule has 1 aliphatic rings. The second-order valence-electron chi connectivity index (χ2n) is 5.35. The molecule has 0 aromatic rings. The first-order valence-electron chi connectivity index (χ1n) is 7.15. The van der Waals surface area contributed by atoms with Crippen molar-refractivity contribution in [1.82, 2.24) is 5.32 Å². The van der Waals surface area contributed by atoms with Crippen LogP contribution in [0.25, 0.3) is 0 Å². The number of nitrogens with one attached hydrogen (secondary N) is 1. The van der Waals surface area contributed by atoms with Gasteiger partial charge in [0, 0.05) is 12.5 Å². The highest BCUT2D eigenvalue weighted by Gasteiger charge is 2.18. The lowest BCUT2D eigenvalue weighted by Crippen LogP contribution is -2.35. The summed E-state index contributed by atoms with van der Waals surface area (Å²) in [7, 11) is 0. The molecule has 0 radical (unpaired) electrons. The normalized spacial score (nSPS) is 19.1. The Morgan fingerprint density at radius 1 is 1.24 bits per heavy atom. The third kappa shape index (κ3) is 6.67. The van der Waals surface area contributed by atoms with E-state index in [2.05, 4.69) is 12.2 Å². The molecule has 0 heterocycles. The van der Waals surface area contributed by atoms with Gasteiger partial charge in [-0.25, -0.2) is 0 Å². The van der Waals surface area contributed by atoms with Crippen LogP contribution in [0.5, 0.6) is 0 Å². The zero-order valence-electron chi connectivity index (χ0n) is 11.1. The molecule has 3 nitrogen and oxygen atoms in total. The lowest BCUT2D eigenvalue weighted by Gasteiger charge is -2.28. The van der Waals surface area contributed by atoms with Crippen molar-refractivity contribution in [3.63, 3.8) is 0 Å². The number of aliphatic carboxylic acids is 1. The third-order valence-corrected chi connectivity index (χ3v) is 3.89. The van der Waals surface area contributed by atoms with Crippen LogP contribution < -0.4 is 5.32 Å². The van der Waals surface area contributed by atoms with Crippen LogP contribution in [0.4, 0.5) is 0 Å². The molecule has 0 bridgehead atoms. The largest absolute Gasteiger partial charge is 0.481 e. The number of carboxylic acids is 1. The number of carboxylic acid groups (broad SMARTS) is 1. The average Bonchev–Trinajstić information content (AvgIpc) is 2.34. The fourth-order valence-corrected chi connectivity index (χ4v) is 2.71. The van der Waals surface area contributed by atoms with Gasteiger partial charge in [-0.05, 0) is 45.1 Å². The Bertz CT molecular complexity index is 212. The summed E-state index contributed by atoms with van der Waals surface area (Å²) in [5.41, 5.74) is 0. The number of hydrogen-bond acceptors (Lipinski definition) is 2. The van der Waals surface area contributed by atoms with Crippen molar-refractivity contribution in [2.24, 2.45) is 5.92 Å². The van der Waals surface area contributed by atoms with Gasteiger partial charge in [0.1, 0.15) is 0 Å². The van der Waals surface area contributed by atoms with Gasteiger partial charge in [0.15, 0.2) is 0 Å². The van der Waals surface area contributed by atoms with Crippen molar-refractivity contribution in [3.05, 3.63) is 0 Å². The van der Waals surface area contributed by atoms with Crippen LogP contribution in [-0.4, -0.2) is 23.7 Å². The molecule has 0 aromatic carbocycles. The van der Waals surface area contributed by atoms with Crippen molar-refractivity contribution in [2.45, 2.75) is 70.8 Å². The van der Waals surface area contributed by atoms with E-state index >= 15 is 0 Å². The van der Waals surface area contributed by atoms with Crippen molar-refractivity contribution in [2.75, 3.05) is 6.54 Å². The molecule has 1 fully saturated rings. The minimum absolute atomic E-state index is 0.318. The molecular weight excluding hydrogens is 214 g/mol. The van der Waals surface area contributed by atoms with Crippen LogP contribution in [0.2, 0.25) is 0 Å². The maximum absolute atomic E-state index is 10.3. The van der Waals surface area contributed by atoms with Crippen molar-refractivity contribution in [1.29, 1.82) is 0 Å². The smallest absolute Gasteiger partial charge is 0.303 e. The summed E-state index contributed by atoms with van der Waals surface area (Å²) in [4.78, 5) is 10.3. The molecule has 3 heteroatoms. The Hall–Kier alpha value is -0.570. The van der Waals surface area contributed by atoms with Gasteiger partial charge in [0.05, 0.1) is 0 Å². The molecule has 2 N–H and O–H groups in total. The first-order chi connectivity index (χ1) is 8.20. The van der Waals surface area contributed by atoms with E-state index in [0.29, 0.717) is 12.5 Å². The van der Waals surface area contributed by atoms with Gasteiger partial charge in [-0.15, -0.1) is 0 Å². The van der Waals surface area contributed by atoms with E-state index < -0.39 is 5.97 Å². The zero-order chi connectivity index (χ0) is 12.5. The average molecular weight is 241 g/mol. The topological polar surface area (TPSA) is 49.3 Å². The van der Waals surface area contributed by atoms with E-state index in [0.717, 1.165) is 31.7 Å². The molecule has 100 valence electrons. The molecule has 0 spiro atoms. The fraction of sp³-hybridized carbons (Fsp3) is 0.929. The van der Waals surface area contributed by atoms with Gasteiger partial charge in [0.2, 0.25) is 0 Å². The van der Waals surface area contributed by atoms with Gasteiger partial charge in [-0.2, -0.15) is 0 Å². The van der Waals surface area contributed by atoms with E-state index in [-0.39, 0.29) is 0 Å². The highest BCUT2D eigenvalue weighted by Crippen LogP contribution is 2.26. The summed E-state index contributed by atoms with van der Waals surface area (Å²) in [6, 6.07) is 0.634. The number of hydrogen-bond donors (Lipinski definition) is 2. The Morgan fingerprint density at radius 3 is 2.59 bits per heavy atom. The van der Waals surface area contributed by atoms with Crippen LogP contribution >= 0.6 is 0 Å². The van der Waals surface area contributed by atoms with E-state index in [9.17, 15) is 4.79 Å². The molecule has 0 amide bonds. The molecule has 17 heavy (non-hydrogen) atoms. The quantitative estimate of drug-likeness (QED) is 0.642. The zero-order valence-corrected chi connectivity index (χ0v) is 11.1. The van der Waals surface area contributed by atoms with Crippen LogP contribution in [0.15, 0.2) is 0 Å². The summed E-state index contributed by atoms with van der Waals surface area (Å²) in [6.45, 7) is 3.34. The molecule has 1 saturated carbocycles. The van der Waals surface area contributed by atoms with Gasteiger partial charge >= 0.3 is 5.97 Å². The van der Waals surface area contributed by atoms with Gasteiger partial charge in [-0.1, -0.05) is 25.7 Å². The Balaban J connectivity index is 1.96. The predicted molar refractivity (Wildman–Crippen MR) is 70.1 cm³/mol. The minimum atomic E-state index is -0.673. The Kier molecular flexibility index (Phi) is 7.25. The van der Waals surface area contributed by atoms with Crippen LogP contribution in [0.3, 0.4) is 0 Å². The summed E-state index contributed by atoms with van der Waals surface area (Å²) in [5.74, 6) is 0.191. The predicted octanol–water partition coefficient (Wildman–Crippen LogP) is 3.19. The maximum Gasteiger partial charge on any atom is 0.303 e. The van der Waals surface area contributed by atoms with Gasteiger partial charge in [0.25, 0.3) is 0 Å². The van der Waals surface area contributed by atoms with Crippen molar-refractivity contribution >= 4 is 5.97 Å². The first kappa shape index (κ1) is 14.5. The van der Waals surface area contributed by atoms with Crippen LogP contribution in [0.1, 0.15) is 64.7 Å². The lowest BCUT2D eigenvalue weighted by molar-refractivity contribution is -0.137. The molecule has 0 aliphatic heterocycles. The lowest BCUT2D eigenvalue weighted by atomic mass is 9.84. The Labute approximate surface area is 105 Å². The molecule has 1 aliphatic carbocycles. The molecule has 1 atom stereocenters. The second-order valence-corrected chi connectivity index (χ2v) is 5.35. The highest BCUT2D eigenvalue weighted by atomic mass is 16.4. The second kappa shape index (κ2) is 8.51. The summed E-state index contributed by atoms with van der Waals surface area (Å²) in [6.07, 6.45) is 10.2. The van der Waals surface area contributed by atoms with Gasteiger partial charge in [-0.3, -0.25) is 4.79 Å². The molecule has 0 aromatic heterocycles. The molecule has 1 rings (SSSR count). The van der Waals surface area contributed by atoms with Crippen molar-refractivity contribution in [3.8, 4) is 0 Å². The Morgan fingerprint density at radius 2 is 1.94 bits per heavy atom. The van der Waals surface area contributed by atoms with Crippen molar-refractivity contribution < 1.29 is 9.90 Å². The fourth-order valence-electron chi connectivity index (χ4n) is 2.71. The van der Waals surface area contributed by atoms with Gasteiger partial charge < -0.3 is 10.4 Å². The third-order valence-electron chi connectivity index (χ3n) is 3.89. The monoisotopic (exact) mass is 241 g/mol. The molecular formula is C14H27NO2. The number of carbonyl (C=O) groups is 1. The summed E-state index contributed by atoms with van der Waals surface area (Å²) < 4.78 is 0. The van der Waals surface area contributed by atoms with Crippen LogP contribution in [-0.2, 0) is 4.79 Å². The molecule has 0 saturated heterocycles. The standard InChI is InChI=1S/C14H27NO2/c1-12(13-8-4-2-5-9-13)15-11-7-3-6-10-14(16)17/h12-13,15H,2-11H2,1H3,(H,16,17)/t12-/m1/s1. The highest BCUT2D eigenvalue weighted by molar-refractivity contribution is 5.66. The number of unbranched alkanes of at least 4 members (excludes halogenated alkanes) is 2. The maximum atomic E-state index is 10.3. The van der Waals surface area contributed by atoms with E-state index in [4.69, 9.17) is 5.11 Å².